The minimum atomic E-state index is 0.373. The summed E-state index contributed by atoms with van der Waals surface area (Å²) in [6.45, 7) is 5.33. The van der Waals surface area contributed by atoms with Crippen LogP contribution in [0.2, 0.25) is 0 Å². The summed E-state index contributed by atoms with van der Waals surface area (Å²) in [6.07, 6.45) is 10.4. The number of unbranched alkanes of at least 4 members (excludes halogenated alkanes) is 1. The van der Waals surface area contributed by atoms with Gasteiger partial charge in [0, 0.05) is 12.5 Å². The Hall–Kier alpha value is -0.920. The Morgan fingerprint density at radius 1 is 1.47 bits per heavy atom. The molecule has 0 saturated heterocycles. The van der Waals surface area contributed by atoms with Gasteiger partial charge in [0.2, 0.25) is 0 Å². The normalized spacial score (nSPS) is 12.3. The van der Waals surface area contributed by atoms with Crippen LogP contribution in [0.1, 0.15) is 56.1 Å². The SMILES string of the molecule is C#CCCCC(NCCC)c1snnc1CC. The van der Waals surface area contributed by atoms with Crippen LogP contribution in [0.5, 0.6) is 0 Å². The molecular weight excluding hydrogens is 230 g/mol. The fourth-order valence-corrected chi connectivity index (χ4v) is 2.62. The summed E-state index contributed by atoms with van der Waals surface area (Å²) < 4.78 is 4.06. The molecule has 0 aliphatic heterocycles. The van der Waals surface area contributed by atoms with Crippen molar-refractivity contribution in [1.29, 1.82) is 0 Å². The molecule has 1 aromatic rings. The van der Waals surface area contributed by atoms with Crippen LogP contribution in [0.15, 0.2) is 0 Å². The molecule has 0 amide bonds. The highest BCUT2D eigenvalue weighted by atomic mass is 32.1. The van der Waals surface area contributed by atoms with E-state index in [-0.39, 0.29) is 0 Å². The van der Waals surface area contributed by atoms with E-state index in [1.54, 1.807) is 0 Å². The zero-order valence-electron chi connectivity index (χ0n) is 10.7. The van der Waals surface area contributed by atoms with Gasteiger partial charge in [-0.1, -0.05) is 18.3 Å². The van der Waals surface area contributed by atoms with E-state index in [1.807, 2.05) is 0 Å². The number of hydrogen-bond donors (Lipinski definition) is 1. The standard InChI is InChI=1S/C13H21N3S/c1-4-7-8-9-12(14-10-5-2)13-11(6-3)15-16-17-13/h1,12,14H,5-10H2,2-3H3. The Balaban J connectivity index is 2.64. The topological polar surface area (TPSA) is 37.8 Å². The van der Waals surface area contributed by atoms with E-state index in [9.17, 15) is 0 Å². The maximum Gasteiger partial charge on any atom is 0.0800 e. The Morgan fingerprint density at radius 3 is 2.94 bits per heavy atom. The molecule has 0 aromatic carbocycles. The van der Waals surface area contributed by atoms with Crippen LogP contribution in [0.25, 0.3) is 0 Å². The van der Waals surface area contributed by atoms with Gasteiger partial charge in [0.05, 0.1) is 10.6 Å². The average molecular weight is 251 g/mol. The molecule has 1 heterocycles. The third-order valence-electron chi connectivity index (χ3n) is 2.69. The maximum atomic E-state index is 5.30. The fourth-order valence-electron chi connectivity index (χ4n) is 1.78. The van der Waals surface area contributed by atoms with Crippen LogP contribution < -0.4 is 5.32 Å². The zero-order chi connectivity index (χ0) is 12.5. The monoisotopic (exact) mass is 251 g/mol. The molecule has 1 N–H and O–H groups in total. The molecule has 94 valence electrons. The molecule has 0 saturated carbocycles. The van der Waals surface area contributed by atoms with Crippen LogP contribution in [0.4, 0.5) is 0 Å². The van der Waals surface area contributed by atoms with Crippen molar-refractivity contribution in [3.05, 3.63) is 10.6 Å². The van der Waals surface area contributed by atoms with Gasteiger partial charge in [-0.05, 0) is 43.8 Å². The van der Waals surface area contributed by atoms with E-state index < -0.39 is 0 Å². The summed E-state index contributed by atoms with van der Waals surface area (Å²) in [5.41, 5.74) is 1.13. The van der Waals surface area contributed by atoms with Gasteiger partial charge in [-0.3, -0.25) is 0 Å². The molecule has 0 bridgehead atoms. The second-order valence-corrected chi connectivity index (χ2v) is 4.83. The number of terminal acetylenes is 1. The molecule has 3 nitrogen and oxygen atoms in total. The van der Waals surface area contributed by atoms with Crippen molar-refractivity contribution in [3.8, 4) is 12.3 Å². The molecule has 0 aliphatic carbocycles. The fraction of sp³-hybridized carbons (Fsp3) is 0.692. The summed E-state index contributed by atoms with van der Waals surface area (Å²) in [5, 5.41) is 7.75. The lowest BCUT2D eigenvalue weighted by molar-refractivity contribution is 0.490. The van der Waals surface area contributed by atoms with Crippen molar-refractivity contribution in [2.24, 2.45) is 0 Å². The molecule has 4 heteroatoms. The highest BCUT2D eigenvalue weighted by molar-refractivity contribution is 7.05. The lowest BCUT2D eigenvalue weighted by atomic mass is 10.1. The first-order chi connectivity index (χ1) is 8.33. The molecule has 1 aromatic heterocycles. The van der Waals surface area contributed by atoms with Crippen molar-refractivity contribution in [3.63, 3.8) is 0 Å². The Bertz CT molecular complexity index is 354. The van der Waals surface area contributed by atoms with E-state index in [2.05, 4.69) is 34.7 Å². The Labute approximate surface area is 108 Å². The molecule has 0 fully saturated rings. The largest absolute Gasteiger partial charge is 0.309 e. The highest BCUT2D eigenvalue weighted by Crippen LogP contribution is 2.25. The summed E-state index contributed by atoms with van der Waals surface area (Å²) in [7, 11) is 0. The first-order valence-corrected chi connectivity index (χ1v) is 7.08. The van der Waals surface area contributed by atoms with Crippen molar-refractivity contribution >= 4 is 11.5 Å². The molecule has 17 heavy (non-hydrogen) atoms. The third-order valence-corrected chi connectivity index (χ3v) is 3.57. The molecule has 0 radical (unpaired) electrons. The van der Waals surface area contributed by atoms with Crippen molar-refractivity contribution in [2.75, 3.05) is 6.54 Å². The quantitative estimate of drug-likeness (QED) is 0.570. The number of aryl methyl sites for hydroxylation is 1. The third kappa shape index (κ3) is 4.45. The Morgan fingerprint density at radius 2 is 2.29 bits per heavy atom. The van der Waals surface area contributed by atoms with E-state index >= 15 is 0 Å². The summed E-state index contributed by atoms with van der Waals surface area (Å²) >= 11 is 1.52. The number of rotatable bonds is 8. The second kappa shape index (κ2) is 8.21. The summed E-state index contributed by atoms with van der Waals surface area (Å²) in [6, 6.07) is 0.373. The summed E-state index contributed by atoms with van der Waals surface area (Å²) in [5.74, 6) is 2.70. The van der Waals surface area contributed by atoms with Crippen LogP contribution >= 0.6 is 11.5 Å². The minimum absolute atomic E-state index is 0.373. The molecule has 1 rings (SSSR count). The smallest absolute Gasteiger partial charge is 0.0800 e. The molecular formula is C13H21N3S. The number of aromatic nitrogens is 2. The van der Waals surface area contributed by atoms with Crippen LogP contribution in [-0.2, 0) is 6.42 Å². The zero-order valence-corrected chi connectivity index (χ0v) is 11.5. The first-order valence-electron chi connectivity index (χ1n) is 6.31. The second-order valence-electron chi connectivity index (χ2n) is 4.04. The molecule has 0 spiro atoms. The first kappa shape index (κ1) is 14.1. The minimum Gasteiger partial charge on any atom is -0.309 e. The number of nitrogens with one attached hydrogen (secondary N) is 1. The van der Waals surface area contributed by atoms with Gasteiger partial charge >= 0.3 is 0 Å². The maximum absolute atomic E-state index is 5.30. The number of nitrogens with zero attached hydrogens (tertiary/aromatic N) is 2. The van der Waals surface area contributed by atoms with Gasteiger partial charge in [0.15, 0.2) is 0 Å². The van der Waals surface area contributed by atoms with Gasteiger partial charge in [-0.25, -0.2) is 0 Å². The van der Waals surface area contributed by atoms with E-state index in [0.29, 0.717) is 6.04 Å². The van der Waals surface area contributed by atoms with E-state index in [1.165, 1.54) is 16.4 Å². The van der Waals surface area contributed by atoms with E-state index in [4.69, 9.17) is 6.42 Å². The van der Waals surface area contributed by atoms with Crippen molar-refractivity contribution in [2.45, 2.75) is 52.0 Å². The Kier molecular flexibility index (Phi) is 6.83. The van der Waals surface area contributed by atoms with Crippen LogP contribution in [0, 0.1) is 12.3 Å². The van der Waals surface area contributed by atoms with Gasteiger partial charge in [-0.2, -0.15) is 0 Å². The van der Waals surface area contributed by atoms with Gasteiger partial charge in [0.1, 0.15) is 0 Å². The van der Waals surface area contributed by atoms with Gasteiger partial charge < -0.3 is 5.32 Å². The van der Waals surface area contributed by atoms with E-state index in [0.717, 1.165) is 44.3 Å². The predicted octanol–water partition coefficient (Wildman–Crippen LogP) is 2.94. The van der Waals surface area contributed by atoms with Gasteiger partial charge in [0.25, 0.3) is 0 Å². The lowest BCUT2D eigenvalue weighted by Gasteiger charge is -2.16. The molecule has 1 unspecified atom stereocenters. The van der Waals surface area contributed by atoms with Crippen molar-refractivity contribution < 1.29 is 0 Å². The van der Waals surface area contributed by atoms with Crippen molar-refractivity contribution in [1.82, 2.24) is 14.9 Å². The molecule has 0 aliphatic rings. The number of hydrogen-bond acceptors (Lipinski definition) is 4. The predicted molar refractivity (Wildman–Crippen MR) is 73.0 cm³/mol. The highest BCUT2D eigenvalue weighted by Gasteiger charge is 2.17. The summed E-state index contributed by atoms with van der Waals surface area (Å²) in [4.78, 5) is 1.29. The average Bonchev–Trinajstić information content (AvgIpc) is 2.81. The lowest BCUT2D eigenvalue weighted by Crippen LogP contribution is -2.22. The molecule has 1 atom stereocenters. The van der Waals surface area contributed by atoms with Crippen LogP contribution in [-0.4, -0.2) is 16.1 Å². The van der Waals surface area contributed by atoms with Crippen LogP contribution in [0.3, 0.4) is 0 Å². The van der Waals surface area contributed by atoms with Gasteiger partial charge in [-0.15, -0.1) is 17.4 Å².